The smallest absolute Gasteiger partial charge is 0.196 e. The van der Waals surface area contributed by atoms with Crippen molar-refractivity contribution < 1.29 is 4.79 Å². The number of ketones is 1. The van der Waals surface area contributed by atoms with Gasteiger partial charge in [0.1, 0.15) is 5.69 Å². The maximum Gasteiger partial charge on any atom is 0.196 e. The second-order valence-electron chi connectivity index (χ2n) is 8.52. The third-order valence-electron chi connectivity index (χ3n) is 6.01. The Morgan fingerprint density at radius 2 is 1.89 bits per heavy atom. The number of carbonyl (C=O) groups excluding carboxylic acids is 1. The number of nitrogens with zero attached hydrogens (tertiary/aromatic N) is 6. The number of para-hydroxylation sites is 1. The number of hydrogen-bond donors (Lipinski definition) is 0. The van der Waals surface area contributed by atoms with Gasteiger partial charge in [0.15, 0.2) is 16.8 Å². The van der Waals surface area contributed by atoms with Gasteiger partial charge in [-0.3, -0.25) is 14.3 Å². The molecule has 3 aromatic heterocycles. The number of rotatable bonds is 8. The van der Waals surface area contributed by atoms with Crippen LogP contribution in [0.25, 0.3) is 28.1 Å². The summed E-state index contributed by atoms with van der Waals surface area (Å²) in [6, 6.07) is 21.9. The standard InChI is InChI=1S/C28H24N6OS/c1-19-11-12-24(20(2)16-19)34-27(23-9-5-6-14-30-23)31-32-28(34)36-18-26(35)22-17-33(15-7-13-29)25-10-4-3-8-21(22)25/h3-6,8-12,14,16-17H,7,15,18H2,1-2H3. The van der Waals surface area contributed by atoms with Crippen molar-refractivity contribution in [2.45, 2.75) is 32.0 Å². The number of Topliss-reactive ketones (excluding diaryl/α,β-unsaturated/α-hetero) is 1. The van der Waals surface area contributed by atoms with Gasteiger partial charge in [0.05, 0.1) is 23.9 Å². The maximum absolute atomic E-state index is 13.4. The van der Waals surface area contributed by atoms with E-state index in [4.69, 9.17) is 5.26 Å². The molecule has 0 unspecified atom stereocenters. The molecular formula is C28H24N6OS. The van der Waals surface area contributed by atoms with Crippen LogP contribution in [-0.4, -0.2) is 35.9 Å². The number of carbonyl (C=O) groups is 1. The van der Waals surface area contributed by atoms with E-state index in [9.17, 15) is 4.79 Å². The van der Waals surface area contributed by atoms with Crippen LogP contribution in [0.3, 0.4) is 0 Å². The first kappa shape index (κ1) is 23.5. The Balaban J connectivity index is 1.49. The van der Waals surface area contributed by atoms with Gasteiger partial charge in [-0.1, -0.05) is 53.7 Å². The molecule has 0 saturated heterocycles. The first-order valence-electron chi connectivity index (χ1n) is 11.6. The SMILES string of the molecule is Cc1ccc(-n2c(SCC(=O)c3cn(CCC#N)c4ccccc34)nnc2-c2ccccn2)c(C)c1. The van der Waals surface area contributed by atoms with Crippen molar-refractivity contribution in [2.24, 2.45) is 0 Å². The fourth-order valence-electron chi connectivity index (χ4n) is 4.33. The summed E-state index contributed by atoms with van der Waals surface area (Å²) in [5.41, 5.74) is 5.52. The zero-order valence-electron chi connectivity index (χ0n) is 20.0. The van der Waals surface area contributed by atoms with Crippen LogP contribution in [0.2, 0.25) is 0 Å². The summed E-state index contributed by atoms with van der Waals surface area (Å²) in [5.74, 6) is 0.837. The summed E-state index contributed by atoms with van der Waals surface area (Å²) in [7, 11) is 0. The fraction of sp³-hybridized carbons (Fsp3) is 0.179. The Bertz CT molecular complexity index is 1600. The Morgan fingerprint density at radius 1 is 1.06 bits per heavy atom. The van der Waals surface area contributed by atoms with E-state index in [0.29, 0.717) is 35.2 Å². The number of hydrogen-bond acceptors (Lipinski definition) is 6. The lowest BCUT2D eigenvalue weighted by Crippen LogP contribution is -2.06. The van der Waals surface area contributed by atoms with Crippen molar-refractivity contribution in [3.05, 3.63) is 89.7 Å². The molecular weight excluding hydrogens is 468 g/mol. The van der Waals surface area contributed by atoms with Crippen LogP contribution in [-0.2, 0) is 6.54 Å². The first-order chi connectivity index (χ1) is 17.6. The Kier molecular flexibility index (Phi) is 6.65. The van der Waals surface area contributed by atoms with Crippen molar-refractivity contribution in [3.63, 3.8) is 0 Å². The van der Waals surface area contributed by atoms with E-state index < -0.39 is 0 Å². The van der Waals surface area contributed by atoms with Gasteiger partial charge in [-0.25, -0.2) is 0 Å². The third-order valence-corrected chi connectivity index (χ3v) is 6.94. The molecule has 178 valence electrons. The minimum absolute atomic E-state index is 0.00136. The summed E-state index contributed by atoms with van der Waals surface area (Å²) in [6.07, 6.45) is 3.98. The zero-order valence-corrected chi connectivity index (χ0v) is 20.9. The largest absolute Gasteiger partial charge is 0.346 e. The summed E-state index contributed by atoms with van der Waals surface area (Å²) < 4.78 is 3.96. The molecule has 0 N–H and O–H groups in total. The average molecular weight is 493 g/mol. The summed E-state index contributed by atoms with van der Waals surface area (Å²) in [6.45, 7) is 4.66. The minimum atomic E-state index is 0.00136. The van der Waals surface area contributed by atoms with Gasteiger partial charge in [-0.2, -0.15) is 5.26 Å². The molecule has 0 bridgehead atoms. The van der Waals surface area contributed by atoms with Gasteiger partial charge >= 0.3 is 0 Å². The van der Waals surface area contributed by atoms with E-state index in [1.165, 1.54) is 17.3 Å². The van der Waals surface area contributed by atoms with E-state index in [1.54, 1.807) is 6.20 Å². The molecule has 3 heterocycles. The van der Waals surface area contributed by atoms with E-state index in [1.807, 2.05) is 57.8 Å². The van der Waals surface area contributed by atoms with Crippen LogP contribution < -0.4 is 0 Å². The van der Waals surface area contributed by atoms with Crippen LogP contribution in [0.5, 0.6) is 0 Å². The van der Waals surface area contributed by atoms with E-state index in [2.05, 4.69) is 53.3 Å². The van der Waals surface area contributed by atoms with Crippen LogP contribution in [0.15, 0.2) is 78.2 Å². The third kappa shape index (κ3) is 4.53. The number of aromatic nitrogens is 5. The van der Waals surface area contributed by atoms with E-state index >= 15 is 0 Å². The second kappa shape index (κ2) is 10.2. The normalized spacial score (nSPS) is 11.0. The van der Waals surface area contributed by atoms with Gasteiger partial charge in [0, 0.05) is 35.4 Å². The molecule has 0 radical (unpaired) electrons. The molecule has 0 aliphatic heterocycles. The Labute approximate surface area is 213 Å². The van der Waals surface area contributed by atoms with Crippen LogP contribution in [0.1, 0.15) is 27.9 Å². The molecule has 0 spiro atoms. The van der Waals surface area contributed by atoms with Crippen molar-refractivity contribution in [1.82, 2.24) is 24.3 Å². The molecule has 0 amide bonds. The molecule has 7 nitrogen and oxygen atoms in total. The number of pyridine rings is 1. The van der Waals surface area contributed by atoms with Gasteiger partial charge in [0.2, 0.25) is 0 Å². The molecule has 0 aliphatic carbocycles. The molecule has 0 saturated carbocycles. The Hall–Kier alpha value is -4.22. The number of thioether (sulfide) groups is 1. The molecule has 36 heavy (non-hydrogen) atoms. The topological polar surface area (TPSA) is 89.4 Å². The second-order valence-corrected chi connectivity index (χ2v) is 9.46. The first-order valence-corrected chi connectivity index (χ1v) is 12.6. The molecule has 2 aromatic carbocycles. The summed E-state index contributed by atoms with van der Waals surface area (Å²) >= 11 is 1.36. The van der Waals surface area contributed by atoms with E-state index in [0.717, 1.165) is 22.2 Å². The molecule has 5 rings (SSSR count). The number of aryl methyl sites for hydroxylation is 3. The highest BCUT2D eigenvalue weighted by atomic mass is 32.2. The Morgan fingerprint density at radius 3 is 2.67 bits per heavy atom. The highest BCUT2D eigenvalue weighted by molar-refractivity contribution is 7.99. The minimum Gasteiger partial charge on any atom is -0.346 e. The van der Waals surface area contributed by atoms with Crippen molar-refractivity contribution >= 4 is 28.4 Å². The van der Waals surface area contributed by atoms with Gasteiger partial charge < -0.3 is 4.57 Å². The van der Waals surface area contributed by atoms with Crippen molar-refractivity contribution in [3.8, 4) is 23.3 Å². The highest BCUT2D eigenvalue weighted by Gasteiger charge is 2.21. The number of nitriles is 1. The van der Waals surface area contributed by atoms with Crippen molar-refractivity contribution in [1.29, 1.82) is 5.26 Å². The van der Waals surface area contributed by atoms with Crippen LogP contribution in [0, 0.1) is 25.2 Å². The predicted octanol–water partition coefficient (Wildman–Crippen LogP) is 5.79. The average Bonchev–Trinajstić information content (AvgIpc) is 3.48. The van der Waals surface area contributed by atoms with Crippen molar-refractivity contribution in [2.75, 3.05) is 5.75 Å². The fourth-order valence-corrected chi connectivity index (χ4v) is 5.16. The maximum atomic E-state index is 13.4. The molecule has 0 aliphatic rings. The van der Waals surface area contributed by atoms with Gasteiger partial charge in [-0.05, 0) is 43.7 Å². The van der Waals surface area contributed by atoms with Gasteiger partial charge in [-0.15, -0.1) is 10.2 Å². The zero-order chi connectivity index (χ0) is 25.1. The molecule has 5 aromatic rings. The quantitative estimate of drug-likeness (QED) is 0.201. The molecule has 0 fully saturated rings. The summed E-state index contributed by atoms with van der Waals surface area (Å²) in [4.78, 5) is 17.9. The lowest BCUT2D eigenvalue weighted by molar-refractivity contribution is 0.102. The summed E-state index contributed by atoms with van der Waals surface area (Å²) in [5, 5.41) is 19.4. The van der Waals surface area contributed by atoms with Crippen LogP contribution >= 0.6 is 11.8 Å². The number of fused-ring (bicyclic) bond motifs is 1. The predicted molar refractivity (Wildman–Crippen MR) is 141 cm³/mol. The highest BCUT2D eigenvalue weighted by Crippen LogP contribution is 2.30. The molecule has 8 heteroatoms. The monoisotopic (exact) mass is 492 g/mol. The number of benzene rings is 2. The van der Waals surface area contributed by atoms with Gasteiger partial charge in [0.25, 0.3) is 0 Å². The lowest BCUT2D eigenvalue weighted by Gasteiger charge is -2.13. The molecule has 0 atom stereocenters. The van der Waals surface area contributed by atoms with Crippen LogP contribution in [0.4, 0.5) is 0 Å². The lowest BCUT2D eigenvalue weighted by atomic mass is 10.1. The van der Waals surface area contributed by atoms with E-state index in [-0.39, 0.29) is 11.5 Å².